The molecule has 1 aliphatic carbocycles. The van der Waals surface area contributed by atoms with Crippen molar-refractivity contribution >= 4 is 0 Å². The first-order valence-corrected chi connectivity index (χ1v) is 6.45. The van der Waals surface area contributed by atoms with Crippen LogP contribution in [-0.2, 0) is 0 Å². The van der Waals surface area contributed by atoms with Crippen molar-refractivity contribution < 1.29 is 8.78 Å². The van der Waals surface area contributed by atoms with Gasteiger partial charge >= 0.3 is 0 Å². The first-order valence-electron chi connectivity index (χ1n) is 6.45. The van der Waals surface area contributed by atoms with Crippen molar-refractivity contribution in [2.24, 2.45) is 11.3 Å². The van der Waals surface area contributed by atoms with E-state index >= 15 is 0 Å². The van der Waals surface area contributed by atoms with Crippen molar-refractivity contribution in [3.8, 4) is 0 Å². The molecule has 0 bridgehead atoms. The Morgan fingerprint density at radius 3 is 2.13 bits per heavy atom. The second kappa shape index (κ2) is 5.81. The van der Waals surface area contributed by atoms with E-state index in [1.807, 2.05) is 0 Å². The molecule has 0 radical (unpaired) electrons. The number of rotatable bonds is 6. The summed E-state index contributed by atoms with van der Waals surface area (Å²) in [5, 5.41) is 0. The van der Waals surface area contributed by atoms with E-state index in [1.165, 1.54) is 0 Å². The van der Waals surface area contributed by atoms with Crippen LogP contribution in [0.5, 0.6) is 0 Å². The quantitative estimate of drug-likeness (QED) is 0.586. The van der Waals surface area contributed by atoms with Crippen molar-refractivity contribution in [1.82, 2.24) is 0 Å². The van der Waals surface area contributed by atoms with Crippen molar-refractivity contribution in [2.75, 3.05) is 0 Å². The Hall–Kier alpha value is -0.140. The van der Waals surface area contributed by atoms with Gasteiger partial charge in [0.05, 0.1) is 0 Å². The Bertz CT molecular complexity index is 171. The van der Waals surface area contributed by atoms with Crippen LogP contribution in [0.2, 0.25) is 0 Å². The molecule has 0 aromatic carbocycles. The summed E-state index contributed by atoms with van der Waals surface area (Å²) in [6, 6.07) is 0. The SMILES string of the molecule is CCCCC(CC)C1(C(F)F)CCCC1. The van der Waals surface area contributed by atoms with E-state index in [0.717, 1.165) is 51.4 Å². The minimum atomic E-state index is -2.11. The molecular weight excluding hydrogens is 194 g/mol. The van der Waals surface area contributed by atoms with Crippen LogP contribution in [0.15, 0.2) is 0 Å². The normalized spacial score (nSPS) is 22.2. The molecule has 0 aromatic rings. The number of hydrogen-bond acceptors (Lipinski definition) is 0. The van der Waals surface area contributed by atoms with Gasteiger partial charge in [-0.1, -0.05) is 46.0 Å². The molecule has 15 heavy (non-hydrogen) atoms. The highest BCUT2D eigenvalue weighted by Crippen LogP contribution is 2.51. The molecule has 0 nitrogen and oxygen atoms in total. The van der Waals surface area contributed by atoms with Crippen LogP contribution in [0.3, 0.4) is 0 Å². The van der Waals surface area contributed by atoms with Gasteiger partial charge in [-0.25, -0.2) is 8.78 Å². The molecule has 0 amide bonds. The summed E-state index contributed by atoms with van der Waals surface area (Å²) in [7, 11) is 0. The second-order valence-electron chi connectivity index (χ2n) is 4.99. The lowest BCUT2D eigenvalue weighted by molar-refractivity contribution is -0.0479. The Morgan fingerprint density at radius 2 is 1.73 bits per heavy atom. The van der Waals surface area contributed by atoms with Crippen molar-refractivity contribution in [2.45, 2.75) is 71.6 Å². The van der Waals surface area contributed by atoms with E-state index in [9.17, 15) is 8.78 Å². The summed E-state index contributed by atoms with van der Waals surface area (Å²) in [5.74, 6) is 0.250. The summed E-state index contributed by atoms with van der Waals surface area (Å²) in [4.78, 5) is 0. The predicted octanol–water partition coefficient (Wildman–Crippen LogP) is 5.03. The fourth-order valence-corrected chi connectivity index (χ4v) is 3.19. The largest absolute Gasteiger partial charge is 0.244 e. The average Bonchev–Trinajstić information content (AvgIpc) is 2.69. The van der Waals surface area contributed by atoms with Gasteiger partial charge in [0.1, 0.15) is 0 Å². The molecule has 0 saturated heterocycles. The molecule has 0 N–H and O–H groups in total. The van der Waals surface area contributed by atoms with Crippen LogP contribution < -0.4 is 0 Å². The third-order valence-electron chi connectivity index (χ3n) is 4.18. The predicted molar refractivity (Wildman–Crippen MR) is 60.2 cm³/mol. The molecule has 1 aliphatic rings. The first-order chi connectivity index (χ1) is 7.17. The smallest absolute Gasteiger partial charge is 0.210 e. The lowest BCUT2D eigenvalue weighted by Crippen LogP contribution is -2.34. The first kappa shape index (κ1) is 12.9. The Balaban J connectivity index is 2.67. The van der Waals surface area contributed by atoms with E-state index in [-0.39, 0.29) is 5.92 Å². The fourth-order valence-electron chi connectivity index (χ4n) is 3.19. The summed E-state index contributed by atoms with van der Waals surface area (Å²) < 4.78 is 26.5. The molecule has 0 aliphatic heterocycles. The maximum atomic E-state index is 13.3. The number of alkyl halides is 2. The molecule has 1 fully saturated rings. The zero-order valence-electron chi connectivity index (χ0n) is 10.1. The minimum Gasteiger partial charge on any atom is -0.210 e. The summed E-state index contributed by atoms with van der Waals surface area (Å²) in [5.41, 5.74) is -0.621. The molecule has 1 atom stereocenters. The highest BCUT2D eigenvalue weighted by molar-refractivity contribution is 4.92. The number of halogens is 2. The maximum absolute atomic E-state index is 13.3. The zero-order chi connectivity index (χ0) is 11.3. The van der Waals surface area contributed by atoms with Gasteiger partial charge in [0.2, 0.25) is 6.43 Å². The molecule has 1 unspecified atom stereocenters. The van der Waals surface area contributed by atoms with Gasteiger partial charge in [0.15, 0.2) is 0 Å². The van der Waals surface area contributed by atoms with Crippen molar-refractivity contribution in [3.63, 3.8) is 0 Å². The molecule has 90 valence electrons. The van der Waals surface area contributed by atoms with Crippen molar-refractivity contribution in [1.29, 1.82) is 0 Å². The fraction of sp³-hybridized carbons (Fsp3) is 1.00. The number of hydrogen-bond donors (Lipinski definition) is 0. The van der Waals surface area contributed by atoms with E-state index in [1.54, 1.807) is 0 Å². The second-order valence-corrected chi connectivity index (χ2v) is 4.99. The van der Waals surface area contributed by atoms with Gasteiger partial charge in [0, 0.05) is 5.41 Å². The van der Waals surface area contributed by atoms with Crippen molar-refractivity contribution in [3.05, 3.63) is 0 Å². The topological polar surface area (TPSA) is 0 Å². The summed E-state index contributed by atoms with van der Waals surface area (Å²) in [6.45, 7) is 4.21. The van der Waals surface area contributed by atoms with Gasteiger partial charge in [-0.15, -0.1) is 0 Å². The molecule has 0 heterocycles. The lowest BCUT2D eigenvalue weighted by atomic mass is 9.70. The minimum absolute atomic E-state index is 0.250. The maximum Gasteiger partial charge on any atom is 0.244 e. The van der Waals surface area contributed by atoms with Crippen LogP contribution in [-0.4, -0.2) is 6.43 Å². The van der Waals surface area contributed by atoms with Gasteiger partial charge in [-0.05, 0) is 25.2 Å². The molecule has 2 heteroatoms. The van der Waals surface area contributed by atoms with Crippen LogP contribution in [0.4, 0.5) is 8.78 Å². The van der Waals surface area contributed by atoms with Gasteiger partial charge in [-0.2, -0.15) is 0 Å². The lowest BCUT2D eigenvalue weighted by Gasteiger charge is -2.36. The third-order valence-corrected chi connectivity index (χ3v) is 4.18. The van der Waals surface area contributed by atoms with Crippen LogP contribution in [0.25, 0.3) is 0 Å². The molecule has 1 rings (SSSR count). The third kappa shape index (κ3) is 2.70. The van der Waals surface area contributed by atoms with Gasteiger partial charge < -0.3 is 0 Å². The van der Waals surface area contributed by atoms with Crippen LogP contribution >= 0.6 is 0 Å². The standard InChI is InChI=1S/C13H24F2/c1-3-5-8-11(4-2)13(12(14)15)9-6-7-10-13/h11-12H,3-10H2,1-2H3. The van der Waals surface area contributed by atoms with Gasteiger partial charge in [-0.3, -0.25) is 0 Å². The van der Waals surface area contributed by atoms with E-state index in [4.69, 9.17) is 0 Å². The Morgan fingerprint density at radius 1 is 1.13 bits per heavy atom. The molecule has 0 spiro atoms. The molecule has 0 aromatic heterocycles. The van der Waals surface area contributed by atoms with Crippen LogP contribution in [0.1, 0.15) is 65.2 Å². The summed E-state index contributed by atoms with van der Waals surface area (Å²) >= 11 is 0. The molecule has 1 saturated carbocycles. The number of unbranched alkanes of at least 4 members (excludes halogenated alkanes) is 1. The monoisotopic (exact) mass is 218 g/mol. The van der Waals surface area contributed by atoms with E-state index < -0.39 is 11.8 Å². The molecular formula is C13H24F2. The highest BCUT2D eigenvalue weighted by atomic mass is 19.3. The highest BCUT2D eigenvalue weighted by Gasteiger charge is 2.47. The van der Waals surface area contributed by atoms with E-state index in [0.29, 0.717) is 0 Å². The van der Waals surface area contributed by atoms with Gasteiger partial charge in [0.25, 0.3) is 0 Å². The van der Waals surface area contributed by atoms with Crippen LogP contribution in [0, 0.1) is 11.3 Å². The Kier molecular flexibility index (Phi) is 5.01. The Labute approximate surface area is 92.4 Å². The zero-order valence-corrected chi connectivity index (χ0v) is 10.1. The average molecular weight is 218 g/mol. The summed E-state index contributed by atoms with van der Waals surface area (Å²) in [6.07, 6.45) is 5.56. The van der Waals surface area contributed by atoms with E-state index in [2.05, 4.69) is 13.8 Å².